The summed E-state index contributed by atoms with van der Waals surface area (Å²) in [6.07, 6.45) is 3.36. The maximum atomic E-state index is 13.4. The number of likely N-dealkylation sites (N-methyl/N-ethyl adjacent to an activating group) is 1. The molecule has 8 nitrogen and oxygen atoms in total. The first-order valence-electron chi connectivity index (χ1n) is 12.7. The number of para-hydroxylation sites is 1. The van der Waals surface area contributed by atoms with Crippen molar-refractivity contribution in [1.29, 1.82) is 0 Å². The number of nitrogens with zero attached hydrogens (tertiary/aromatic N) is 2. The molecule has 0 spiro atoms. The Hall–Kier alpha value is -4.43. The Balaban J connectivity index is 1.50. The van der Waals surface area contributed by atoms with Crippen LogP contribution in [0, 0.1) is 0 Å². The molecule has 0 radical (unpaired) electrons. The van der Waals surface area contributed by atoms with Crippen LogP contribution in [0.3, 0.4) is 0 Å². The molecular formula is C30H33N5O3. The van der Waals surface area contributed by atoms with Crippen molar-refractivity contribution in [2.45, 2.75) is 32.4 Å². The SMILES string of the molecule is CN[C@@H](C)C(=O)Nc1cn(-c2ccccc2)n(Cc2cccc(C(=O)NCCCc3ccccc3)c2)c1=O. The summed E-state index contributed by atoms with van der Waals surface area (Å²) >= 11 is 0. The number of anilines is 1. The lowest BCUT2D eigenvalue weighted by atomic mass is 10.1. The van der Waals surface area contributed by atoms with E-state index in [1.54, 1.807) is 41.7 Å². The van der Waals surface area contributed by atoms with Crippen LogP contribution in [0.5, 0.6) is 0 Å². The summed E-state index contributed by atoms with van der Waals surface area (Å²) in [6, 6.07) is 26.4. The average molecular weight is 512 g/mol. The Morgan fingerprint density at radius 3 is 2.29 bits per heavy atom. The number of aromatic nitrogens is 2. The number of benzene rings is 3. The van der Waals surface area contributed by atoms with Gasteiger partial charge in [0.1, 0.15) is 5.69 Å². The number of aryl methyl sites for hydroxylation is 1. The fraction of sp³-hybridized carbons (Fsp3) is 0.233. The molecule has 0 fully saturated rings. The van der Waals surface area contributed by atoms with E-state index in [-0.39, 0.29) is 29.6 Å². The minimum atomic E-state index is -0.453. The number of carbonyl (C=O) groups is 2. The lowest BCUT2D eigenvalue weighted by Gasteiger charge is -2.12. The number of amides is 2. The first kappa shape index (κ1) is 26.6. The van der Waals surface area contributed by atoms with Gasteiger partial charge in [0.25, 0.3) is 11.5 Å². The Kier molecular flexibility index (Phi) is 8.89. The van der Waals surface area contributed by atoms with Gasteiger partial charge in [-0.3, -0.25) is 19.1 Å². The molecule has 0 aliphatic carbocycles. The highest BCUT2D eigenvalue weighted by atomic mass is 16.2. The van der Waals surface area contributed by atoms with Crippen molar-refractivity contribution >= 4 is 17.5 Å². The topological polar surface area (TPSA) is 97.2 Å². The predicted molar refractivity (Wildman–Crippen MR) is 150 cm³/mol. The lowest BCUT2D eigenvalue weighted by molar-refractivity contribution is -0.117. The monoisotopic (exact) mass is 511 g/mol. The van der Waals surface area contributed by atoms with E-state index in [2.05, 4.69) is 28.1 Å². The molecule has 1 atom stereocenters. The maximum Gasteiger partial charge on any atom is 0.291 e. The minimum Gasteiger partial charge on any atom is -0.352 e. The summed E-state index contributed by atoms with van der Waals surface area (Å²) < 4.78 is 3.27. The van der Waals surface area contributed by atoms with Crippen LogP contribution in [0.2, 0.25) is 0 Å². The zero-order chi connectivity index (χ0) is 26.9. The molecule has 4 aromatic rings. The van der Waals surface area contributed by atoms with Crippen LogP contribution in [-0.4, -0.2) is 40.8 Å². The molecule has 4 rings (SSSR count). The zero-order valence-corrected chi connectivity index (χ0v) is 21.7. The van der Waals surface area contributed by atoms with Gasteiger partial charge in [-0.25, -0.2) is 4.68 Å². The van der Waals surface area contributed by atoms with Crippen molar-refractivity contribution < 1.29 is 9.59 Å². The summed E-state index contributed by atoms with van der Waals surface area (Å²) in [5.41, 5.74) is 3.20. The van der Waals surface area contributed by atoms with Gasteiger partial charge in [0.15, 0.2) is 0 Å². The highest BCUT2D eigenvalue weighted by molar-refractivity contribution is 5.94. The van der Waals surface area contributed by atoms with Gasteiger partial charge < -0.3 is 16.0 Å². The Bertz CT molecular complexity index is 1430. The number of nitrogens with one attached hydrogen (secondary N) is 3. The second-order valence-electron chi connectivity index (χ2n) is 9.13. The third-order valence-electron chi connectivity index (χ3n) is 6.37. The normalized spacial score (nSPS) is 11.6. The molecule has 196 valence electrons. The molecule has 1 aromatic heterocycles. The van der Waals surface area contributed by atoms with E-state index in [0.717, 1.165) is 24.1 Å². The molecule has 0 saturated heterocycles. The fourth-order valence-electron chi connectivity index (χ4n) is 4.11. The predicted octanol–water partition coefficient (Wildman–Crippen LogP) is 3.60. The van der Waals surface area contributed by atoms with Crippen LogP contribution in [-0.2, 0) is 17.8 Å². The van der Waals surface area contributed by atoms with Gasteiger partial charge in [0.2, 0.25) is 5.91 Å². The number of hydrogen-bond acceptors (Lipinski definition) is 4. The van der Waals surface area contributed by atoms with Gasteiger partial charge in [0, 0.05) is 12.1 Å². The molecule has 1 heterocycles. The van der Waals surface area contributed by atoms with Crippen LogP contribution < -0.4 is 21.5 Å². The van der Waals surface area contributed by atoms with Crippen LogP contribution in [0.4, 0.5) is 5.69 Å². The Morgan fingerprint density at radius 1 is 0.895 bits per heavy atom. The van der Waals surface area contributed by atoms with Crippen molar-refractivity contribution in [3.05, 3.63) is 118 Å². The van der Waals surface area contributed by atoms with Gasteiger partial charge in [-0.05, 0) is 62.2 Å². The zero-order valence-electron chi connectivity index (χ0n) is 21.7. The van der Waals surface area contributed by atoms with E-state index >= 15 is 0 Å². The molecule has 8 heteroatoms. The summed E-state index contributed by atoms with van der Waals surface area (Å²) in [4.78, 5) is 38.6. The molecule has 3 N–H and O–H groups in total. The molecule has 0 aliphatic rings. The minimum absolute atomic E-state index is 0.153. The summed E-state index contributed by atoms with van der Waals surface area (Å²) in [5, 5.41) is 8.59. The lowest BCUT2D eigenvalue weighted by Crippen LogP contribution is -2.36. The third-order valence-corrected chi connectivity index (χ3v) is 6.37. The molecule has 0 unspecified atom stereocenters. The summed E-state index contributed by atoms with van der Waals surface area (Å²) in [5.74, 6) is -0.451. The number of hydrogen-bond donors (Lipinski definition) is 3. The Morgan fingerprint density at radius 2 is 1.58 bits per heavy atom. The first-order valence-corrected chi connectivity index (χ1v) is 12.7. The maximum absolute atomic E-state index is 13.4. The third kappa shape index (κ3) is 6.66. The van der Waals surface area contributed by atoms with E-state index in [4.69, 9.17) is 0 Å². The van der Waals surface area contributed by atoms with Crippen LogP contribution >= 0.6 is 0 Å². The van der Waals surface area contributed by atoms with Gasteiger partial charge in [-0.1, -0.05) is 60.7 Å². The molecular weight excluding hydrogens is 478 g/mol. The highest BCUT2D eigenvalue weighted by Gasteiger charge is 2.18. The fourth-order valence-corrected chi connectivity index (χ4v) is 4.11. The van der Waals surface area contributed by atoms with Gasteiger partial charge >= 0.3 is 0 Å². The smallest absolute Gasteiger partial charge is 0.291 e. The van der Waals surface area contributed by atoms with Crippen molar-refractivity contribution in [1.82, 2.24) is 20.0 Å². The van der Waals surface area contributed by atoms with E-state index in [1.165, 1.54) is 5.56 Å². The summed E-state index contributed by atoms with van der Waals surface area (Å²) in [7, 11) is 1.68. The van der Waals surface area contributed by atoms with Crippen LogP contribution in [0.1, 0.15) is 34.8 Å². The van der Waals surface area contributed by atoms with Crippen molar-refractivity contribution in [3.63, 3.8) is 0 Å². The second kappa shape index (κ2) is 12.7. The van der Waals surface area contributed by atoms with Crippen LogP contribution in [0.25, 0.3) is 5.69 Å². The van der Waals surface area contributed by atoms with E-state index in [1.807, 2.05) is 60.7 Å². The van der Waals surface area contributed by atoms with Crippen LogP contribution in [0.15, 0.2) is 95.9 Å². The second-order valence-corrected chi connectivity index (χ2v) is 9.13. The van der Waals surface area contributed by atoms with Gasteiger partial charge in [-0.15, -0.1) is 0 Å². The van der Waals surface area contributed by atoms with E-state index in [0.29, 0.717) is 12.1 Å². The standard InChI is InChI=1S/C30H33N5O3/c1-22(31-2)28(36)33-27-21-34(26-16-7-4-8-17-26)35(30(27)38)20-24-13-9-15-25(19-24)29(37)32-18-10-14-23-11-5-3-6-12-23/h3-9,11-13,15-17,19,21-22,31H,10,14,18,20H2,1-2H3,(H,32,37)(H,33,36)/t22-/m0/s1. The van der Waals surface area contributed by atoms with Crippen molar-refractivity contribution in [3.8, 4) is 5.69 Å². The van der Waals surface area contributed by atoms with Crippen molar-refractivity contribution in [2.24, 2.45) is 0 Å². The number of carbonyl (C=O) groups excluding carboxylic acids is 2. The largest absolute Gasteiger partial charge is 0.352 e. The molecule has 38 heavy (non-hydrogen) atoms. The van der Waals surface area contributed by atoms with Crippen molar-refractivity contribution in [2.75, 3.05) is 18.9 Å². The quantitative estimate of drug-likeness (QED) is 0.268. The molecule has 0 saturated carbocycles. The average Bonchev–Trinajstić information content (AvgIpc) is 3.26. The van der Waals surface area contributed by atoms with E-state index < -0.39 is 6.04 Å². The van der Waals surface area contributed by atoms with Gasteiger partial charge in [0.05, 0.1) is 24.5 Å². The molecule has 0 bridgehead atoms. The van der Waals surface area contributed by atoms with E-state index in [9.17, 15) is 14.4 Å². The first-order chi connectivity index (χ1) is 18.5. The highest BCUT2D eigenvalue weighted by Crippen LogP contribution is 2.14. The number of rotatable bonds is 11. The Labute approximate surface area is 222 Å². The molecule has 2 amide bonds. The molecule has 0 aliphatic heterocycles. The summed E-state index contributed by atoms with van der Waals surface area (Å²) in [6.45, 7) is 2.52. The molecule has 3 aromatic carbocycles. The van der Waals surface area contributed by atoms with Gasteiger partial charge in [-0.2, -0.15) is 0 Å².